The van der Waals surface area contributed by atoms with Gasteiger partial charge in [-0.3, -0.25) is 14.4 Å². The Bertz CT molecular complexity index is 1200. The monoisotopic (exact) mass is 555 g/mol. The normalized spacial score (nSPS) is 22.6. The number of piperazine rings is 1. The van der Waals surface area contributed by atoms with E-state index < -0.39 is 24.0 Å². The zero-order valence-electron chi connectivity index (χ0n) is 23.4. The van der Waals surface area contributed by atoms with Gasteiger partial charge in [0.15, 0.2) is 0 Å². The first-order valence-electron chi connectivity index (χ1n) is 13.9. The van der Waals surface area contributed by atoms with Gasteiger partial charge in [-0.05, 0) is 61.1 Å². The molecule has 0 spiro atoms. The van der Waals surface area contributed by atoms with Crippen LogP contribution in [0.2, 0.25) is 0 Å². The van der Waals surface area contributed by atoms with Gasteiger partial charge >= 0.3 is 0 Å². The van der Waals surface area contributed by atoms with Crippen LogP contribution in [0.15, 0.2) is 48.5 Å². The molecule has 2 saturated heterocycles. The largest absolute Gasteiger partial charge is 0.491 e. The summed E-state index contributed by atoms with van der Waals surface area (Å²) in [7, 11) is 6.35. The van der Waals surface area contributed by atoms with Crippen LogP contribution in [-0.4, -0.2) is 85.2 Å². The fourth-order valence-electron chi connectivity index (χ4n) is 5.55. The summed E-state index contributed by atoms with van der Waals surface area (Å²) in [5.41, 5.74) is 1.43. The lowest BCUT2D eigenvalue weighted by atomic mass is 9.92. The van der Waals surface area contributed by atoms with Gasteiger partial charge in [0, 0.05) is 6.54 Å². The third-order valence-electron chi connectivity index (χ3n) is 7.51. The van der Waals surface area contributed by atoms with Gasteiger partial charge < -0.3 is 29.9 Å². The highest BCUT2D eigenvalue weighted by molar-refractivity contribution is 5.99. The average molecular weight is 556 g/mol. The van der Waals surface area contributed by atoms with Crippen molar-refractivity contribution in [3.8, 4) is 5.75 Å². The van der Waals surface area contributed by atoms with E-state index in [0.29, 0.717) is 17.7 Å². The van der Waals surface area contributed by atoms with Crippen molar-refractivity contribution in [1.29, 1.82) is 0 Å². The van der Waals surface area contributed by atoms with Crippen LogP contribution < -0.4 is 15.4 Å². The first kappa shape index (κ1) is 29.5. The molecule has 0 saturated carbocycles. The van der Waals surface area contributed by atoms with Crippen LogP contribution in [0.1, 0.15) is 42.9 Å². The fourth-order valence-corrected chi connectivity index (χ4v) is 5.55. The predicted octanol–water partition coefficient (Wildman–Crippen LogP) is 2.15. The molecule has 10 heteroatoms. The highest BCUT2D eigenvalue weighted by Crippen LogP contribution is 2.44. The number of carbonyl (C=O) groups excluding carboxylic acids is 3. The third-order valence-corrected chi connectivity index (χ3v) is 7.51. The molecule has 4 rings (SSSR count). The molecule has 216 valence electrons. The number of fused-ring (bicyclic) bond motifs is 1. The number of hydrogen-bond acceptors (Lipinski definition) is 5. The van der Waals surface area contributed by atoms with Crippen molar-refractivity contribution < 1.29 is 33.1 Å². The molecule has 2 aromatic carbocycles. The number of ether oxygens (including phenoxy) is 1. The molecule has 4 atom stereocenters. The van der Waals surface area contributed by atoms with Crippen molar-refractivity contribution in [2.75, 3.05) is 40.9 Å². The zero-order chi connectivity index (χ0) is 28.9. The van der Waals surface area contributed by atoms with Crippen LogP contribution in [0.4, 0.5) is 4.39 Å². The zero-order valence-corrected chi connectivity index (χ0v) is 23.4. The van der Waals surface area contributed by atoms with Gasteiger partial charge in [0.25, 0.3) is 0 Å². The Morgan fingerprint density at radius 3 is 2.60 bits per heavy atom. The summed E-state index contributed by atoms with van der Waals surface area (Å²) in [4.78, 5) is 42.2. The second kappa shape index (κ2) is 12.8. The number of aliphatic hydroxyl groups excluding tert-OH is 1. The summed E-state index contributed by atoms with van der Waals surface area (Å²) in [5.74, 6) is -1.25. The number of carbonyl (C=O) groups is 3. The SMILES string of the molecule is C[N+](C)(C)CCCC[C@@H]1NC(=O)[C@H]2C[C@@H](C(=O)NCc3ccc(F)cc3)[C@@H](c3cccc(OCCO)c3)N2C1=O. The highest BCUT2D eigenvalue weighted by Gasteiger charge is 2.54. The number of hydrogen-bond donors (Lipinski definition) is 3. The van der Waals surface area contributed by atoms with Crippen molar-refractivity contribution >= 4 is 17.7 Å². The molecule has 0 aliphatic carbocycles. The summed E-state index contributed by atoms with van der Waals surface area (Å²) >= 11 is 0. The molecule has 3 N–H and O–H groups in total. The van der Waals surface area contributed by atoms with Gasteiger partial charge in [-0.2, -0.15) is 0 Å². The van der Waals surface area contributed by atoms with E-state index in [1.54, 1.807) is 35.2 Å². The van der Waals surface area contributed by atoms with Gasteiger partial charge in [0.2, 0.25) is 17.7 Å². The van der Waals surface area contributed by atoms with E-state index in [0.717, 1.165) is 29.4 Å². The predicted molar refractivity (Wildman–Crippen MR) is 147 cm³/mol. The Morgan fingerprint density at radius 1 is 1.15 bits per heavy atom. The van der Waals surface area contributed by atoms with E-state index in [1.165, 1.54) is 12.1 Å². The quantitative estimate of drug-likeness (QED) is 0.275. The van der Waals surface area contributed by atoms with Crippen molar-refractivity contribution in [3.63, 3.8) is 0 Å². The first-order valence-corrected chi connectivity index (χ1v) is 13.9. The van der Waals surface area contributed by atoms with Gasteiger partial charge in [-0.15, -0.1) is 0 Å². The molecule has 2 heterocycles. The van der Waals surface area contributed by atoms with Crippen LogP contribution in [0.5, 0.6) is 5.75 Å². The highest BCUT2D eigenvalue weighted by atomic mass is 19.1. The summed E-state index contributed by atoms with van der Waals surface area (Å²) < 4.78 is 19.7. The molecular formula is C30H40FN4O5+. The van der Waals surface area contributed by atoms with E-state index in [2.05, 4.69) is 31.8 Å². The van der Waals surface area contributed by atoms with Crippen molar-refractivity contribution in [2.24, 2.45) is 5.92 Å². The summed E-state index contributed by atoms with van der Waals surface area (Å²) in [5, 5.41) is 15.0. The summed E-state index contributed by atoms with van der Waals surface area (Å²) in [6.45, 7) is 1.12. The van der Waals surface area contributed by atoms with Gasteiger partial charge in [0.1, 0.15) is 30.3 Å². The van der Waals surface area contributed by atoms with E-state index in [9.17, 15) is 23.9 Å². The van der Waals surface area contributed by atoms with Crippen LogP contribution in [0.25, 0.3) is 0 Å². The molecule has 0 bridgehead atoms. The van der Waals surface area contributed by atoms with E-state index >= 15 is 0 Å². The van der Waals surface area contributed by atoms with Crippen molar-refractivity contribution in [2.45, 2.75) is 50.4 Å². The molecule has 0 unspecified atom stereocenters. The number of nitrogens with zero attached hydrogens (tertiary/aromatic N) is 2. The Hall–Kier alpha value is -3.50. The molecule has 3 amide bonds. The average Bonchev–Trinajstić information content (AvgIpc) is 3.33. The molecular weight excluding hydrogens is 515 g/mol. The number of amides is 3. The standard InChI is InChI=1S/C30H39FN4O5/c1-35(2,3)14-5-4-9-25-30(39)34-26(29(38)33-25)18-24(28(37)32-19-20-10-12-22(31)13-11-20)27(34)21-7-6-8-23(17-21)40-16-15-36/h6-8,10-13,17,24-27,36H,4-5,9,14-16,18-19H2,1-3H3,(H-,32,33,37,38)/p+1/t24-,25+,26-,27-/m1/s1. The Labute approximate surface area is 234 Å². The number of aliphatic hydroxyl groups is 1. The van der Waals surface area contributed by atoms with Crippen LogP contribution >= 0.6 is 0 Å². The van der Waals surface area contributed by atoms with E-state index in [4.69, 9.17) is 4.74 Å². The van der Waals surface area contributed by atoms with Crippen molar-refractivity contribution in [1.82, 2.24) is 15.5 Å². The first-order chi connectivity index (χ1) is 19.1. The van der Waals surface area contributed by atoms with E-state index in [1.807, 2.05) is 6.07 Å². The Balaban J connectivity index is 1.57. The number of rotatable bonds is 12. The molecule has 0 aromatic heterocycles. The molecule has 2 aromatic rings. The minimum absolute atomic E-state index is 0.110. The molecule has 0 radical (unpaired) electrons. The fraction of sp³-hybridized carbons (Fsp3) is 0.500. The number of halogens is 1. The second-order valence-corrected chi connectivity index (χ2v) is 11.6. The van der Waals surface area contributed by atoms with Gasteiger partial charge in [0.05, 0.1) is 46.3 Å². The maximum absolute atomic E-state index is 13.8. The second-order valence-electron chi connectivity index (χ2n) is 11.6. The maximum atomic E-state index is 13.8. The van der Waals surface area contributed by atoms with E-state index in [-0.39, 0.29) is 49.7 Å². The lowest BCUT2D eigenvalue weighted by Crippen LogP contribution is -2.61. The number of unbranched alkanes of at least 4 members (excludes halogenated alkanes) is 1. The number of quaternary nitrogens is 1. The number of nitrogens with one attached hydrogen (secondary N) is 2. The molecule has 9 nitrogen and oxygen atoms in total. The molecule has 2 fully saturated rings. The smallest absolute Gasteiger partial charge is 0.246 e. The maximum Gasteiger partial charge on any atom is 0.246 e. The number of benzene rings is 2. The van der Waals surface area contributed by atoms with Gasteiger partial charge in [-0.25, -0.2) is 4.39 Å². The lowest BCUT2D eigenvalue weighted by Gasteiger charge is -2.38. The molecule has 2 aliphatic rings. The topological polar surface area (TPSA) is 108 Å². The van der Waals surface area contributed by atoms with Gasteiger partial charge in [-0.1, -0.05) is 24.3 Å². The van der Waals surface area contributed by atoms with Crippen LogP contribution in [0.3, 0.4) is 0 Å². The van der Waals surface area contributed by atoms with Crippen LogP contribution in [-0.2, 0) is 20.9 Å². The summed E-state index contributed by atoms with van der Waals surface area (Å²) in [6.07, 6.45) is 2.44. The summed E-state index contributed by atoms with van der Waals surface area (Å²) in [6, 6.07) is 10.9. The third kappa shape index (κ3) is 7.17. The molecule has 40 heavy (non-hydrogen) atoms. The Kier molecular flexibility index (Phi) is 9.42. The van der Waals surface area contributed by atoms with Crippen molar-refractivity contribution in [3.05, 3.63) is 65.5 Å². The minimum Gasteiger partial charge on any atom is -0.491 e. The Morgan fingerprint density at radius 2 is 1.90 bits per heavy atom. The lowest BCUT2D eigenvalue weighted by molar-refractivity contribution is -0.870. The molecule has 2 aliphatic heterocycles. The minimum atomic E-state index is -0.761. The van der Waals surface area contributed by atoms with Crippen LogP contribution in [0, 0.1) is 11.7 Å².